The fraction of sp³-hybridized carbons (Fsp3) is 0.0833. The van der Waals surface area contributed by atoms with Crippen LogP contribution >= 0.6 is 27.3 Å². The van der Waals surface area contributed by atoms with Crippen LogP contribution < -0.4 is 0 Å². The zero-order chi connectivity index (χ0) is 11.5. The summed E-state index contributed by atoms with van der Waals surface area (Å²) in [6.07, 6.45) is 0.775. The largest absolute Gasteiger partial charge is 0.478 e. The summed E-state index contributed by atoms with van der Waals surface area (Å²) in [4.78, 5) is 12.0. The summed E-state index contributed by atoms with van der Waals surface area (Å²) in [5.74, 6) is -0.880. The lowest BCUT2D eigenvalue weighted by Gasteiger charge is -2.00. The Kier molecular flexibility index (Phi) is 3.41. The molecule has 1 heterocycles. The molecule has 1 N–H and O–H groups in total. The highest BCUT2D eigenvalue weighted by Crippen LogP contribution is 2.24. The molecule has 0 aliphatic rings. The lowest BCUT2D eigenvalue weighted by Crippen LogP contribution is -1.97. The topological polar surface area (TPSA) is 37.3 Å². The normalized spacial score (nSPS) is 10.3. The van der Waals surface area contributed by atoms with Gasteiger partial charge < -0.3 is 5.11 Å². The maximum absolute atomic E-state index is 10.8. The Hall–Kier alpha value is -1.13. The number of benzene rings is 1. The van der Waals surface area contributed by atoms with Crippen molar-refractivity contribution in [3.63, 3.8) is 0 Å². The van der Waals surface area contributed by atoms with Gasteiger partial charge >= 0.3 is 5.97 Å². The highest BCUT2D eigenvalue weighted by atomic mass is 79.9. The highest BCUT2D eigenvalue weighted by molar-refractivity contribution is 9.11. The molecule has 2 aromatic rings. The molecule has 0 amide bonds. The van der Waals surface area contributed by atoms with Gasteiger partial charge in [-0.2, -0.15) is 0 Å². The second-order valence-electron chi connectivity index (χ2n) is 3.39. The number of carboxylic acid groups (broad SMARTS) is 1. The molecule has 0 aliphatic carbocycles. The van der Waals surface area contributed by atoms with Crippen LogP contribution in [0.2, 0.25) is 0 Å². The van der Waals surface area contributed by atoms with Gasteiger partial charge in [-0.25, -0.2) is 4.79 Å². The maximum Gasteiger partial charge on any atom is 0.335 e. The molecule has 0 saturated carbocycles. The average molecular weight is 297 g/mol. The first-order valence-electron chi connectivity index (χ1n) is 4.71. The molecule has 2 rings (SSSR count). The van der Waals surface area contributed by atoms with E-state index in [-0.39, 0.29) is 0 Å². The summed E-state index contributed by atoms with van der Waals surface area (Å²) in [6, 6.07) is 11.1. The van der Waals surface area contributed by atoms with Gasteiger partial charge in [0, 0.05) is 11.3 Å². The van der Waals surface area contributed by atoms with Gasteiger partial charge in [0.25, 0.3) is 0 Å². The van der Waals surface area contributed by atoms with Gasteiger partial charge in [0.15, 0.2) is 0 Å². The van der Waals surface area contributed by atoms with Crippen LogP contribution in [0.15, 0.2) is 40.2 Å². The lowest BCUT2D eigenvalue weighted by atomic mass is 10.1. The van der Waals surface area contributed by atoms with Gasteiger partial charge in [0.2, 0.25) is 0 Å². The predicted molar refractivity (Wildman–Crippen MR) is 68.2 cm³/mol. The summed E-state index contributed by atoms with van der Waals surface area (Å²) in [5.41, 5.74) is 1.36. The molecule has 82 valence electrons. The van der Waals surface area contributed by atoms with Gasteiger partial charge in [-0.1, -0.05) is 12.1 Å². The molecule has 2 nitrogen and oxygen atoms in total. The van der Waals surface area contributed by atoms with Crippen LogP contribution in [0.3, 0.4) is 0 Å². The van der Waals surface area contributed by atoms with E-state index in [1.807, 2.05) is 18.2 Å². The molecular weight excluding hydrogens is 288 g/mol. The van der Waals surface area contributed by atoms with E-state index in [2.05, 4.69) is 15.9 Å². The molecule has 0 aliphatic heterocycles. The van der Waals surface area contributed by atoms with Crippen LogP contribution in [0.4, 0.5) is 0 Å². The number of halogens is 1. The smallest absolute Gasteiger partial charge is 0.335 e. The second kappa shape index (κ2) is 4.80. The summed E-state index contributed by atoms with van der Waals surface area (Å²) in [5, 5.41) is 8.87. The molecule has 0 spiro atoms. The van der Waals surface area contributed by atoms with Crippen molar-refractivity contribution in [3.8, 4) is 0 Å². The molecule has 0 bridgehead atoms. The van der Waals surface area contributed by atoms with Crippen LogP contribution in [0.1, 0.15) is 20.8 Å². The first-order chi connectivity index (χ1) is 7.65. The zero-order valence-electron chi connectivity index (χ0n) is 8.31. The van der Waals surface area contributed by atoms with Gasteiger partial charge in [-0.05, 0) is 45.8 Å². The Morgan fingerprint density at radius 3 is 2.75 bits per heavy atom. The Morgan fingerprint density at radius 1 is 1.31 bits per heavy atom. The summed E-state index contributed by atoms with van der Waals surface area (Å²) in [7, 11) is 0. The van der Waals surface area contributed by atoms with E-state index in [0.29, 0.717) is 5.56 Å². The molecule has 0 unspecified atom stereocenters. The number of aromatic carboxylic acids is 1. The molecular formula is C12H9BrO2S. The van der Waals surface area contributed by atoms with Crippen molar-refractivity contribution in [2.75, 3.05) is 0 Å². The van der Waals surface area contributed by atoms with Crippen LogP contribution in [0.25, 0.3) is 0 Å². The second-order valence-corrected chi connectivity index (χ2v) is 5.94. The minimum Gasteiger partial charge on any atom is -0.478 e. The van der Waals surface area contributed by atoms with E-state index in [1.165, 1.54) is 4.88 Å². The van der Waals surface area contributed by atoms with Gasteiger partial charge in [0.1, 0.15) is 0 Å². The van der Waals surface area contributed by atoms with E-state index in [1.54, 1.807) is 29.5 Å². The fourth-order valence-electron chi connectivity index (χ4n) is 1.46. The molecule has 0 radical (unpaired) electrons. The number of carboxylic acids is 1. The van der Waals surface area contributed by atoms with Crippen LogP contribution in [0.5, 0.6) is 0 Å². The number of hydrogen-bond acceptors (Lipinski definition) is 2. The summed E-state index contributed by atoms with van der Waals surface area (Å²) >= 11 is 5.07. The maximum atomic E-state index is 10.8. The van der Waals surface area contributed by atoms with E-state index >= 15 is 0 Å². The lowest BCUT2D eigenvalue weighted by molar-refractivity contribution is 0.0697. The van der Waals surface area contributed by atoms with E-state index in [4.69, 9.17) is 5.11 Å². The van der Waals surface area contributed by atoms with E-state index < -0.39 is 5.97 Å². The monoisotopic (exact) mass is 296 g/mol. The molecule has 1 aromatic carbocycles. The quantitative estimate of drug-likeness (QED) is 0.935. The molecule has 1 aromatic heterocycles. The first-order valence-corrected chi connectivity index (χ1v) is 6.32. The van der Waals surface area contributed by atoms with Gasteiger partial charge in [-0.15, -0.1) is 11.3 Å². The standard InChI is InChI=1S/C12H9BrO2S/c13-11-5-4-10(16-11)7-8-2-1-3-9(6-8)12(14)15/h1-6H,7H2,(H,14,15). The first kappa shape index (κ1) is 11.4. The predicted octanol–water partition coefficient (Wildman–Crippen LogP) is 3.80. The van der Waals surface area contributed by atoms with Crippen LogP contribution in [-0.2, 0) is 6.42 Å². The van der Waals surface area contributed by atoms with Gasteiger partial charge in [0.05, 0.1) is 9.35 Å². The molecule has 4 heteroatoms. The third kappa shape index (κ3) is 2.71. The highest BCUT2D eigenvalue weighted by Gasteiger charge is 2.04. The summed E-state index contributed by atoms with van der Waals surface area (Å²) in [6.45, 7) is 0. The minimum atomic E-state index is -0.880. The van der Waals surface area contributed by atoms with Crippen molar-refractivity contribution in [1.29, 1.82) is 0 Å². The number of thiophene rings is 1. The Bertz CT molecular complexity index is 519. The van der Waals surface area contributed by atoms with Crippen molar-refractivity contribution in [2.24, 2.45) is 0 Å². The van der Waals surface area contributed by atoms with Crippen molar-refractivity contribution in [1.82, 2.24) is 0 Å². The molecule has 0 atom stereocenters. The van der Waals surface area contributed by atoms with E-state index in [9.17, 15) is 4.79 Å². The minimum absolute atomic E-state index is 0.341. The van der Waals surface area contributed by atoms with Crippen molar-refractivity contribution in [3.05, 3.63) is 56.2 Å². The Morgan fingerprint density at radius 2 is 2.12 bits per heavy atom. The van der Waals surface area contributed by atoms with Crippen molar-refractivity contribution in [2.45, 2.75) is 6.42 Å². The SMILES string of the molecule is O=C(O)c1cccc(Cc2ccc(Br)s2)c1. The number of hydrogen-bond donors (Lipinski definition) is 1. The van der Waals surface area contributed by atoms with E-state index in [0.717, 1.165) is 15.8 Å². The van der Waals surface area contributed by atoms with Crippen molar-refractivity contribution >= 4 is 33.2 Å². The Balaban J connectivity index is 2.21. The fourth-order valence-corrected chi connectivity index (χ4v) is 2.98. The van der Waals surface area contributed by atoms with Crippen LogP contribution in [-0.4, -0.2) is 11.1 Å². The van der Waals surface area contributed by atoms with Crippen molar-refractivity contribution < 1.29 is 9.90 Å². The third-order valence-corrected chi connectivity index (χ3v) is 3.80. The molecule has 0 fully saturated rings. The summed E-state index contributed by atoms with van der Waals surface area (Å²) < 4.78 is 1.09. The third-order valence-electron chi connectivity index (χ3n) is 2.18. The molecule has 16 heavy (non-hydrogen) atoms. The zero-order valence-corrected chi connectivity index (χ0v) is 10.7. The average Bonchev–Trinajstić information content (AvgIpc) is 2.64. The van der Waals surface area contributed by atoms with Crippen LogP contribution in [0, 0.1) is 0 Å². The molecule has 0 saturated heterocycles. The number of rotatable bonds is 3. The Labute approximate surface area is 106 Å². The number of carbonyl (C=O) groups is 1. The van der Waals surface area contributed by atoms with Gasteiger partial charge in [-0.3, -0.25) is 0 Å².